The number of alkyl halides is 3. The van der Waals surface area contributed by atoms with Crippen LogP contribution in [0.2, 0.25) is 5.02 Å². The van der Waals surface area contributed by atoms with Gasteiger partial charge in [-0.3, -0.25) is 9.59 Å². The van der Waals surface area contributed by atoms with E-state index in [2.05, 4.69) is 5.32 Å². The zero-order valence-corrected chi connectivity index (χ0v) is 17.5. The quantitative estimate of drug-likeness (QED) is 0.329. The minimum Gasteiger partial charge on any atom is -0.355 e. The number of rotatable bonds is 3. The van der Waals surface area contributed by atoms with Gasteiger partial charge in [-0.2, -0.15) is 13.2 Å². The molecule has 4 aromatic rings. The summed E-state index contributed by atoms with van der Waals surface area (Å²) in [6.45, 7) is 0. The predicted molar refractivity (Wildman–Crippen MR) is 121 cm³/mol. The molecule has 2 amide bonds. The van der Waals surface area contributed by atoms with Crippen LogP contribution in [0.25, 0.3) is 10.8 Å². The molecule has 33 heavy (non-hydrogen) atoms. The van der Waals surface area contributed by atoms with E-state index in [4.69, 9.17) is 11.6 Å². The van der Waals surface area contributed by atoms with E-state index < -0.39 is 23.6 Å². The van der Waals surface area contributed by atoms with Crippen molar-refractivity contribution in [3.05, 3.63) is 101 Å². The van der Waals surface area contributed by atoms with Gasteiger partial charge in [0.05, 0.1) is 11.3 Å². The average molecular weight is 467 g/mol. The van der Waals surface area contributed by atoms with Crippen LogP contribution in [0.15, 0.2) is 78.9 Å². The smallest absolute Gasteiger partial charge is 0.355 e. The molecule has 1 aliphatic heterocycles. The Kier molecular flexibility index (Phi) is 4.87. The number of hydrogen-bond donors (Lipinski definition) is 1. The van der Waals surface area contributed by atoms with E-state index in [0.29, 0.717) is 21.5 Å². The Morgan fingerprint density at radius 2 is 1.48 bits per heavy atom. The first-order valence-corrected chi connectivity index (χ1v) is 10.3. The third kappa shape index (κ3) is 3.60. The number of imide groups is 1. The highest BCUT2D eigenvalue weighted by molar-refractivity contribution is 6.36. The number of nitrogens with zero attached hydrogens (tertiary/aromatic N) is 1. The molecule has 0 saturated carbocycles. The Balaban J connectivity index is 1.62. The minimum absolute atomic E-state index is 0.136. The Bertz CT molecular complexity index is 1430. The van der Waals surface area contributed by atoms with Crippen LogP contribution in [0.1, 0.15) is 26.3 Å². The van der Waals surface area contributed by atoms with E-state index in [-0.39, 0.29) is 16.8 Å². The van der Waals surface area contributed by atoms with Crippen molar-refractivity contribution in [2.45, 2.75) is 6.18 Å². The molecule has 0 bridgehead atoms. The van der Waals surface area contributed by atoms with Gasteiger partial charge in [0.1, 0.15) is 0 Å². The normalized spacial score (nSPS) is 13.5. The number of amides is 2. The highest BCUT2D eigenvalue weighted by atomic mass is 35.5. The summed E-state index contributed by atoms with van der Waals surface area (Å²) in [5.41, 5.74) is 0.769. The molecule has 1 aliphatic rings. The van der Waals surface area contributed by atoms with E-state index >= 15 is 0 Å². The van der Waals surface area contributed by atoms with Crippen molar-refractivity contribution >= 4 is 51.2 Å². The maximum absolute atomic E-state index is 13.3. The fourth-order valence-corrected chi connectivity index (χ4v) is 4.17. The fraction of sp³-hybridized carbons (Fsp3) is 0.0400. The van der Waals surface area contributed by atoms with Crippen LogP contribution in [0.4, 0.5) is 30.2 Å². The lowest BCUT2D eigenvalue weighted by molar-refractivity contribution is -0.137. The Labute approximate surface area is 191 Å². The van der Waals surface area contributed by atoms with Gasteiger partial charge in [0.2, 0.25) is 0 Å². The van der Waals surface area contributed by atoms with Crippen molar-refractivity contribution in [3.63, 3.8) is 0 Å². The van der Waals surface area contributed by atoms with Crippen molar-refractivity contribution in [3.8, 4) is 0 Å². The molecule has 0 saturated heterocycles. The molecule has 4 aromatic carbocycles. The van der Waals surface area contributed by atoms with Crippen molar-refractivity contribution in [2.75, 3.05) is 10.2 Å². The van der Waals surface area contributed by atoms with Crippen LogP contribution in [-0.4, -0.2) is 11.8 Å². The Hall–Kier alpha value is -3.84. The molecule has 1 heterocycles. The largest absolute Gasteiger partial charge is 0.416 e. The highest BCUT2D eigenvalue weighted by Crippen LogP contribution is 2.38. The van der Waals surface area contributed by atoms with E-state index in [0.717, 1.165) is 22.7 Å². The lowest BCUT2D eigenvalue weighted by Gasteiger charge is -2.28. The van der Waals surface area contributed by atoms with Crippen LogP contribution in [-0.2, 0) is 6.18 Å². The summed E-state index contributed by atoms with van der Waals surface area (Å²) in [6.07, 6.45) is -4.60. The predicted octanol–water partition coefficient (Wildman–Crippen LogP) is 7.06. The summed E-state index contributed by atoms with van der Waals surface area (Å²) in [4.78, 5) is 27.3. The van der Waals surface area contributed by atoms with Gasteiger partial charge in [-0.05, 0) is 54.6 Å². The summed E-state index contributed by atoms with van der Waals surface area (Å²) in [5, 5.41) is 4.87. The second-order valence-corrected chi connectivity index (χ2v) is 7.95. The monoisotopic (exact) mass is 466 g/mol. The van der Waals surface area contributed by atoms with Crippen LogP contribution in [0.5, 0.6) is 0 Å². The van der Waals surface area contributed by atoms with Crippen LogP contribution in [0, 0.1) is 0 Å². The number of halogens is 4. The van der Waals surface area contributed by atoms with Gasteiger partial charge >= 0.3 is 6.18 Å². The summed E-state index contributed by atoms with van der Waals surface area (Å²) in [6, 6.07) is 19.5. The Morgan fingerprint density at radius 3 is 2.21 bits per heavy atom. The van der Waals surface area contributed by atoms with Gasteiger partial charge in [-0.25, -0.2) is 4.90 Å². The van der Waals surface area contributed by atoms with Crippen LogP contribution >= 0.6 is 11.6 Å². The number of carbonyl (C=O) groups is 2. The summed E-state index contributed by atoms with van der Waals surface area (Å²) in [5.74, 6) is -1.37. The number of anilines is 3. The third-order valence-electron chi connectivity index (χ3n) is 5.44. The van der Waals surface area contributed by atoms with Gasteiger partial charge in [-0.15, -0.1) is 0 Å². The molecular formula is C25H14ClF3N2O2. The number of nitrogens with one attached hydrogen (secondary N) is 1. The molecule has 0 atom stereocenters. The highest BCUT2D eigenvalue weighted by Gasteiger charge is 2.36. The summed E-state index contributed by atoms with van der Waals surface area (Å²) >= 11 is 6.06. The van der Waals surface area contributed by atoms with E-state index in [9.17, 15) is 22.8 Å². The standard InChI is InChI=1S/C25H14ClF3N2O2/c26-15-5-2-6-16(13-15)30-21-11-10-20-22-18(21)8-3-9-19(22)23(32)31(24(20)33)17-7-1-4-14(12-17)25(27,28)29/h1-13,30H. The van der Waals surface area contributed by atoms with Gasteiger partial charge in [0.25, 0.3) is 11.8 Å². The maximum atomic E-state index is 13.3. The maximum Gasteiger partial charge on any atom is 0.416 e. The molecule has 0 radical (unpaired) electrons. The Morgan fingerprint density at radius 1 is 0.788 bits per heavy atom. The average Bonchev–Trinajstić information content (AvgIpc) is 2.78. The lowest BCUT2D eigenvalue weighted by Crippen LogP contribution is -2.40. The topological polar surface area (TPSA) is 49.4 Å². The van der Waals surface area contributed by atoms with E-state index in [1.165, 1.54) is 12.1 Å². The fourth-order valence-electron chi connectivity index (χ4n) is 3.98. The molecule has 5 rings (SSSR count). The zero-order valence-electron chi connectivity index (χ0n) is 16.8. The molecule has 8 heteroatoms. The minimum atomic E-state index is -4.60. The number of benzene rings is 4. The van der Waals surface area contributed by atoms with Crippen molar-refractivity contribution < 1.29 is 22.8 Å². The molecule has 0 unspecified atom stereocenters. The molecule has 4 nitrogen and oxygen atoms in total. The third-order valence-corrected chi connectivity index (χ3v) is 5.68. The molecule has 0 aliphatic carbocycles. The number of carbonyl (C=O) groups excluding carboxylic acids is 2. The first kappa shape index (κ1) is 21.0. The summed E-state index contributed by atoms with van der Waals surface area (Å²) < 4.78 is 39.6. The van der Waals surface area contributed by atoms with Crippen LogP contribution in [0.3, 0.4) is 0 Å². The first-order chi connectivity index (χ1) is 15.7. The first-order valence-electron chi connectivity index (χ1n) is 9.88. The molecule has 164 valence electrons. The van der Waals surface area contributed by atoms with Gasteiger partial charge < -0.3 is 5.32 Å². The SMILES string of the molecule is O=C1c2cccc3c(Nc4cccc(Cl)c4)ccc(c23)C(=O)N1c1cccc(C(F)(F)F)c1. The van der Waals surface area contributed by atoms with Gasteiger partial charge in [-0.1, -0.05) is 35.9 Å². The molecule has 0 aromatic heterocycles. The van der Waals surface area contributed by atoms with Crippen LogP contribution < -0.4 is 10.2 Å². The van der Waals surface area contributed by atoms with Gasteiger partial charge in [0, 0.05) is 38.3 Å². The van der Waals surface area contributed by atoms with E-state index in [1.807, 2.05) is 6.07 Å². The van der Waals surface area contributed by atoms with Crippen molar-refractivity contribution in [2.24, 2.45) is 0 Å². The molecule has 0 spiro atoms. The number of hydrogen-bond acceptors (Lipinski definition) is 3. The zero-order chi connectivity index (χ0) is 23.3. The second-order valence-electron chi connectivity index (χ2n) is 7.52. The second kappa shape index (κ2) is 7.64. The molecular weight excluding hydrogens is 453 g/mol. The summed E-state index contributed by atoms with van der Waals surface area (Å²) in [7, 11) is 0. The molecule has 1 N–H and O–H groups in total. The lowest BCUT2D eigenvalue weighted by atomic mass is 9.92. The van der Waals surface area contributed by atoms with Crippen molar-refractivity contribution in [1.29, 1.82) is 0 Å². The van der Waals surface area contributed by atoms with Gasteiger partial charge in [0.15, 0.2) is 0 Å². The van der Waals surface area contributed by atoms with E-state index in [1.54, 1.807) is 48.5 Å². The van der Waals surface area contributed by atoms with Crippen molar-refractivity contribution in [1.82, 2.24) is 0 Å². The molecule has 0 fully saturated rings.